The number of anilines is 1. The molecule has 30 heavy (non-hydrogen) atoms. The highest BCUT2D eigenvalue weighted by Gasteiger charge is 2.17. The van der Waals surface area contributed by atoms with Gasteiger partial charge in [0.25, 0.3) is 5.91 Å². The van der Waals surface area contributed by atoms with E-state index in [1.54, 1.807) is 4.68 Å². The van der Waals surface area contributed by atoms with Gasteiger partial charge in [-0.2, -0.15) is 9.78 Å². The lowest BCUT2D eigenvalue weighted by Crippen LogP contribution is -2.15. The van der Waals surface area contributed by atoms with Crippen LogP contribution in [0.25, 0.3) is 26.1 Å². The van der Waals surface area contributed by atoms with Crippen LogP contribution in [0.4, 0.5) is 5.82 Å². The van der Waals surface area contributed by atoms with Gasteiger partial charge in [-0.25, -0.2) is 4.98 Å². The van der Waals surface area contributed by atoms with Gasteiger partial charge in [-0.05, 0) is 48.4 Å². The van der Waals surface area contributed by atoms with E-state index in [9.17, 15) is 4.79 Å². The van der Waals surface area contributed by atoms with E-state index in [1.165, 1.54) is 11.3 Å². The zero-order valence-corrected chi connectivity index (χ0v) is 17.9. The van der Waals surface area contributed by atoms with Crippen LogP contribution in [0.2, 0.25) is 5.02 Å². The van der Waals surface area contributed by atoms with E-state index in [-0.39, 0.29) is 5.91 Å². The van der Waals surface area contributed by atoms with Crippen molar-refractivity contribution in [1.82, 2.24) is 14.8 Å². The van der Waals surface area contributed by atoms with Crippen LogP contribution < -0.4 is 5.32 Å². The Kier molecular flexibility index (Phi) is 4.53. The van der Waals surface area contributed by atoms with Gasteiger partial charge in [0.2, 0.25) is 5.13 Å². The predicted molar refractivity (Wildman–Crippen MR) is 123 cm³/mol. The highest BCUT2D eigenvalue weighted by molar-refractivity contribution is 7.21. The number of aromatic nitrogens is 3. The van der Waals surface area contributed by atoms with E-state index in [4.69, 9.17) is 16.6 Å². The smallest absolute Gasteiger partial charge is 0.256 e. The molecule has 148 valence electrons. The summed E-state index contributed by atoms with van der Waals surface area (Å²) in [6, 6.07) is 19.3. The second-order valence-corrected chi connectivity index (χ2v) is 8.52. The zero-order valence-electron chi connectivity index (χ0n) is 16.3. The Hall–Kier alpha value is -3.22. The minimum atomic E-state index is -0.197. The van der Waals surface area contributed by atoms with Crippen LogP contribution >= 0.6 is 22.9 Å². The standard InChI is InChI=1S/C23H17ClN4OS/c1-13-7-10-18(24)21-20(13)26-23(30-21)28-19(11-14(2)27-28)25-22(29)17-9-8-15-5-3-4-6-16(15)12-17/h3-12H,1-2H3,(H,25,29). The number of carbonyl (C=O) groups excluding carboxylic acids is 1. The minimum Gasteiger partial charge on any atom is -0.306 e. The summed E-state index contributed by atoms with van der Waals surface area (Å²) < 4.78 is 2.57. The van der Waals surface area contributed by atoms with E-state index < -0.39 is 0 Å². The van der Waals surface area contributed by atoms with Crippen LogP contribution in [0.1, 0.15) is 21.6 Å². The normalized spacial score (nSPS) is 11.3. The molecular weight excluding hydrogens is 416 g/mol. The van der Waals surface area contributed by atoms with Gasteiger partial charge >= 0.3 is 0 Å². The molecule has 5 rings (SSSR count). The van der Waals surface area contributed by atoms with Gasteiger partial charge in [-0.3, -0.25) is 4.79 Å². The molecule has 0 aliphatic heterocycles. The molecule has 5 aromatic rings. The van der Waals surface area contributed by atoms with Crippen LogP contribution in [0.3, 0.4) is 0 Å². The van der Waals surface area contributed by atoms with Crippen molar-refractivity contribution in [2.75, 3.05) is 5.32 Å². The SMILES string of the molecule is Cc1cc(NC(=O)c2ccc3ccccc3c2)n(-c2nc3c(C)ccc(Cl)c3s2)n1. The molecule has 0 bridgehead atoms. The van der Waals surface area contributed by atoms with Crippen molar-refractivity contribution in [3.05, 3.63) is 82.5 Å². The fourth-order valence-corrected chi connectivity index (χ4v) is 4.72. The molecule has 0 saturated carbocycles. The van der Waals surface area contributed by atoms with Gasteiger partial charge in [0.15, 0.2) is 0 Å². The van der Waals surface area contributed by atoms with Gasteiger partial charge < -0.3 is 5.32 Å². The van der Waals surface area contributed by atoms with E-state index in [1.807, 2.05) is 74.5 Å². The maximum atomic E-state index is 12.9. The van der Waals surface area contributed by atoms with Crippen LogP contribution in [0.5, 0.6) is 0 Å². The highest BCUT2D eigenvalue weighted by atomic mass is 35.5. The average Bonchev–Trinajstić information content (AvgIpc) is 3.35. The molecule has 1 N–H and O–H groups in total. The number of benzene rings is 3. The number of hydrogen-bond acceptors (Lipinski definition) is 4. The number of rotatable bonds is 3. The molecule has 0 radical (unpaired) electrons. The van der Waals surface area contributed by atoms with Crippen molar-refractivity contribution in [2.45, 2.75) is 13.8 Å². The predicted octanol–water partition coefficient (Wildman–Crippen LogP) is 6.16. The number of halogens is 1. The number of fused-ring (bicyclic) bond motifs is 2. The maximum Gasteiger partial charge on any atom is 0.256 e. The molecule has 0 spiro atoms. The molecule has 0 aliphatic carbocycles. The third-order valence-electron chi connectivity index (χ3n) is 4.95. The first kappa shape index (κ1) is 18.8. The summed E-state index contributed by atoms with van der Waals surface area (Å²) in [6.07, 6.45) is 0. The van der Waals surface area contributed by atoms with Crippen LogP contribution in [0, 0.1) is 13.8 Å². The number of amides is 1. The van der Waals surface area contributed by atoms with Crippen LogP contribution in [0.15, 0.2) is 60.7 Å². The Labute approximate surface area is 181 Å². The first-order chi connectivity index (χ1) is 14.5. The molecule has 0 saturated heterocycles. The van der Waals surface area contributed by atoms with Crippen molar-refractivity contribution < 1.29 is 4.79 Å². The summed E-state index contributed by atoms with van der Waals surface area (Å²) in [4.78, 5) is 17.7. The van der Waals surface area contributed by atoms with Gasteiger partial charge in [0.1, 0.15) is 5.82 Å². The monoisotopic (exact) mass is 432 g/mol. The molecule has 5 nitrogen and oxygen atoms in total. The van der Waals surface area contributed by atoms with Gasteiger partial charge in [0, 0.05) is 11.6 Å². The summed E-state index contributed by atoms with van der Waals surface area (Å²) in [5.41, 5.74) is 3.26. The Bertz CT molecular complexity index is 1400. The van der Waals surface area contributed by atoms with Gasteiger partial charge in [-0.1, -0.05) is 59.3 Å². The van der Waals surface area contributed by atoms with Crippen molar-refractivity contribution >= 4 is 55.7 Å². The summed E-state index contributed by atoms with van der Waals surface area (Å²) in [6.45, 7) is 3.88. The quantitative estimate of drug-likeness (QED) is 0.371. The number of carbonyl (C=O) groups is 1. The maximum absolute atomic E-state index is 12.9. The summed E-state index contributed by atoms with van der Waals surface area (Å²) in [5, 5.41) is 10.9. The van der Waals surface area contributed by atoms with E-state index in [0.717, 1.165) is 32.2 Å². The first-order valence-corrected chi connectivity index (χ1v) is 10.6. The number of aryl methyl sites for hydroxylation is 2. The van der Waals surface area contributed by atoms with E-state index in [0.29, 0.717) is 21.5 Å². The van der Waals surface area contributed by atoms with Crippen molar-refractivity contribution in [1.29, 1.82) is 0 Å². The third-order valence-corrected chi connectivity index (χ3v) is 6.44. The van der Waals surface area contributed by atoms with Crippen molar-refractivity contribution in [3.63, 3.8) is 0 Å². The van der Waals surface area contributed by atoms with Gasteiger partial charge in [0.05, 0.1) is 20.9 Å². The zero-order chi connectivity index (χ0) is 20.8. The molecule has 2 heterocycles. The molecule has 1 amide bonds. The Morgan fingerprint density at radius 3 is 2.63 bits per heavy atom. The number of hydrogen-bond donors (Lipinski definition) is 1. The van der Waals surface area contributed by atoms with Crippen molar-refractivity contribution in [3.8, 4) is 5.13 Å². The van der Waals surface area contributed by atoms with Crippen molar-refractivity contribution in [2.24, 2.45) is 0 Å². The largest absolute Gasteiger partial charge is 0.306 e. The molecule has 2 aromatic heterocycles. The molecule has 0 atom stereocenters. The fraction of sp³-hybridized carbons (Fsp3) is 0.0870. The fourth-order valence-electron chi connectivity index (χ4n) is 3.43. The number of nitrogens with one attached hydrogen (secondary N) is 1. The van der Waals surface area contributed by atoms with Gasteiger partial charge in [-0.15, -0.1) is 0 Å². The topological polar surface area (TPSA) is 59.8 Å². The lowest BCUT2D eigenvalue weighted by molar-refractivity contribution is 0.102. The number of nitrogens with zero attached hydrogens (tertiary/aromatic N) is 3. The van der Waals surface area contributed by atoms with Crippen LogP contribution in [-0.2, 0) is 0 Å². The summed E-state index contributed by atoms with van der Waals surface area (Å²) >= 11 is 7.81. The molecular formula is C23H17ClN4OS. The van der Waals surface area contributed by atoms with E-state index >= 15 is 0 Å². The highest BCUT2D eigenvalue weighted by Crippen LogP contribution is 2.34. The second kappa shape index (κ2) is 7.23. The van der Waals surface area contributed by atoms with E-state index in [2.05, 4.69) is 10.4 Å². The molecule has 0 aliphatic rings. The Morgan fingerprint density at radius 1 is 1.03 bits per heavy atom. The minimum absolute atomic E-state index is 0.197. The summed E-state index contributed by atoms with van der Waals surface area (Å²) in [5.74, 6) is 0.371. The Balaban J connectivity index is 1.52. The molecule has 7 heteroatoms. The number of thiazole rings is 1. The molecule has 0 unspecified atom stereocenters. The lowest BCUT2D eigenvalue weighted by atomic mass is 10.1. The Morgan fingerprint density at radius 2 is 1.83 bits per heavy atom. The molecule has 3 aromatic carbocycles. The van der Waals surface area contributed by atoms with Crippen LogP contribution in [-0.4, -0.2) is 20.7 Å². The summed E-state index contributed by atoms with van der Waals surface area (Å²) in [7, 11) is 0. The average molecular weight is 433 g/mol. The third kappa shape index (κ3) is 3.24. The molecule has 0 fully saturated rings. The first-order valence-electron chi connectivity index (χ1n) is 9.42. The second-order valence-electron chi connectivity index (χ2n) is 7.14. The lowest BCUT2D eigenvalue weighted by Gasteiger charge is -2.07.